The van der Waals surface area contributed by atoms with Crippen molar-refractivity contribution >= 4 is 23.5 Å². The van der Waals surface area contributed by atoms with E-state index in [-0.39, 0.29) is 29.8 Å². The van der Waals surface area contributed by atoms with E-state index < -0.39 is 0 Å². The molecular weight excluding hydrogens is 344 g/mol. The summed E-state index contributed by atoms with van der Waals surface area (Å²) in [6, 6.07) is 5.52. The third kappa shape index (κ3) is 4.99. The molecule has 3 N–H and O–H groups in total. The standard InChI is InChI=1S/C20H28N4O3/c1-13(12-24-9-3-4-19(24)26)11-21-20(27)22-14(2)15-5-7-17-16(10-15)6-8-18(25)23-17/h5,7,10,13-14H,3-4,6,8-9,11-12H2,1-2H3,(H,23,25)(H2,21,22,27). The van der Waals surface area contributed by atoms with Gasteiger partial charge in [0.1, 0.15) is 0 Å². The first-order valence-electron chi connectivity index (χ1n) is 9.67. The van der Waals surface area contributed by atoms with Gasteiger partial charge in [0.2, 0.25) is 11.8 Å². The highest BCUT2D eigenvalue weighted by Crippen LogP contribution is 2.26. The lowest BCUT2D eigenvalue weighted by Gasteiger charge is -2.22. The molecule has 2 aliphatic heterocycles. The predicted octanol–water partition coefficient (Wildman–Crippen LogP) is 2.19. The van der Waals surface area contributed by atoms with Crippen LogP contribution in [0, 0.1) is 5.92 Å². The van der Waals surface area contributed by atoms with Crippen molar-refractivity contribution in [2.75, 3.05) is 25.0 Å². The summed E-state index contributed by atoms with van der Waals surface area (Å²) >= 11 is 0. The maximum absolute atomic E-state index is 12.2. The molecule has 2 heterocycles. The summed E-state index contributed by atoms with van der Waals surface area (Å²) in [5.74, 6) is 0.467. The molecule has 146 valence electrons. The average molecular weight is 372 g/mol. The highest BCUT2D eigenvalue weighted by atomic mass is 16.2. The fourth-order valence-corrected chi connectivity index (χ4v) is 3.61. The summed E-state index contributed by atoms with van der Waals surface area (Å²) in [5.41, 5.74) is 2.97. The van der Waals surface area contributed by atoms with E-state index in [1.165, 1.54) is 0 Å². The van der Waals surface area contributed by atoms with Crippen LogP contribution in [-0.2, 0) is 16.0 Å². The molecule has 3 rings (SSSR count). The normalized spacial score (nSPS) is 18.5. The van der Waals surface area contributed by atoms with Crippen LogP contribution < -0.4 is 16.0 Å². The molecule has 0 aromatic heterocycles. The van der Waals surface area contributed by atoms with Gasteiger partial charge in [0.05, 0.1) is 6.04 Å². The summed E-state index contributed by atoms with van der Waals surface area (Å²) in [4.78, 5) is 37.2. The van der Waals surface area contributed by atoms with Gasteiger partial charge < -0.3 is 20.9 Å². The van der Waals surface area contributed by atoms with Crippen molar-refractivity contribution in [2.24, 2.45) is 5.92 Å². The number of benzene rings is 1. The van der Waals surface area contributed by atoms with Crippen LogP contribution in [0.5, 0.6) is 0 Å². The third-order valence-electron chi connectivity index (χ3n) is 5.19. The number of hydrogen-bond donors (Lipinski definition) is 3. The maximum Gasteiger partial charge on any atom is 0.315 e. The minimum absolute atomic E-state index is 0.0468. The van der Waals surface area contributed by atoms with E-state index in [0.717, 1.165) is 36.2 Å². The molecule has 2 aliphatic rings. The minimum Gasteiger partial charge on any atom is -0.342 e. The van der Waals surface area contributed by atoms with Crippen molar-refractivity contribution in [3.05, 3.63) is 29.3 Å². The first-order chi connectivity index (χ1) is 12.9. The summed E-state index contributed by atoms with van der Waals surface area (Å²) in [6.45, 7) is 6.01. The van der Waals surface area contributed by atoms with E-state index in [0.29, 0.717) is 25.9 Å². The second kappa shape index (κ2) is 8.41. The lowest BCUT2D eigenvalue weighted by molar-refractivity contribution is -0.128. The third-order valence-corrected chi connectivity index (χ3v) is 5.19. The molecule has 1 fully saturated rings. The van der Waals surface area contributed by atoms with Crippen LogP contribution in [0.4, 0.5) is 10.5 Å². The van der Waals surface area contributed by atoms with Crippen molar-refractivity contribution in [1.29, 1.82) is 0 Å². The molecule has 2 atom stereocenters. The van der Waals surface area contributed by atoms with Crippen molar-refractivity contribution in [2.45, 2.75) is 45.6 Å². The van der Waals surface area contributed by atoms with E-state index in [2.05, 4.69) is 16.0 Å². The smallest absolute Gasteiger partial charge is 0.315 e. The van der Waals surface area contributed by atoms with Gasteiger partial charge >= 0.3 is 6.03 Å². The largest absolute Gasteiger partial charge is 0.342 e. The number of rotatable bonds is 6. The minimum atomic E-state index is -0.215. The number of urea groups is 1. The Morgan fingerprint density at radius 1 is 1.22 bits per heavy atom. The molecule has 0 radical (unpaired) electrons. The van der Waals surface area contributed by atoms with E-state index in [9.17, 15) is 14.4 Å². The second-order valence-electron chi connectivity index (χ2n) is 7.59. The van der Waals surface area contributed by atoms with Gasteiger partial charge in [-0.2, -0.15) is 0 Å². The number of amides is 4. The van der Waals surface area contributed by atoms with Crippen molar-refractivity contribution in [3.63, 3.8) is 0 Å². The van der Waals surface area contributed by atoms with Gasteiger partial charge in [0.25, 0.3) is 0 Å². The summed E-state index contributed by atoms with van der Waals surface area (Å²) in [5, 5.41) is 8.71. The van der Waals surface area contributed by atoms with Crippen molar-refractivity contribution < 1.29 is 14.4 Å². The Morgan fingerprint density at radius 2 is 2.04 bits per heavy atom. The molecular formula is C20H28N4O3. The maximum atomic E-state index is 12.2. The Morgan fingerprint density at radius 3 is 2.78 bits per heavy atom. The number of carbonyl (C=O) groups excluding carboxylic acids is 3. The Balaban J connectivity index is 1.46. The second-order valence-corrected chi connectivity index (χ2v) is 7.59. The summed E-state index contributed by atoms with van der Waals surface area (Å²) in [6.07, 6.45) is 2.79. The van der Waals surface area contributed by atoms with Crippen LogP contribution in [0.3, 0.4) is 0 Å². The number of fused-ring (bicyclic) bond motifs is 1. The lowest BCUT2D eigenvalue weighted by Crippen LogP contribution is -2.41. The number of nitrogens with zero attached hydrogens (tertiary/aromatic N) is 1. The Kier molecular flexibility index (Phi) is 5.98. The van der Waals surface area contributed by atoms with Crippen LogP contribution >= 0.6 is 0 Å². The first-order valence-corrected chi connectivity index (χ1v) is 9.67. The molecule has 0 saturated carbocycles. The molecule has 0 spiro atoms. The van der Waals surface area contributed by atoms with Gasteiger partial charge in [-0.1, -0.05) is 19.1 Å². The van der Waals surface area contributed by atoms with E-state index in [1.54, 1.807) is 0 Å². The molecule has 7 nitrogen and oxygen atoms in total. The Bertz CT molecular complexity index is 734. The van der Waals surface area contributed by atoms with Gasteiger partial charge in [-0.15, -0.1) is 0 Å². The van der Waals surface area contributed by atoms with Crippen LogP contribution in [0.15, 0.2) is 18.2 Å². The van der Waals surface area contributed by atoms with Crippen LogP contribution in [-0.4, -0.2) is 42.4 Å². The molecule has 0 aliphatic carbocycles. The summed E-state index contributed by atoms with van der Waals surface area (Å²) in [7, 11) is 0. The summed E-state index contributed by atoms with van der Waals surface area (Å²) < 4.78 is 0. The monoisotopic (exact) mass is 372 g/mol. The SMILES string of the molecule is CC(CNC(=O)NC(C)c1ccc2c(c1)CCC(=O)N2)CN1CCCC1=O. The van der Waals surface area contributed by atoms with E-state index in [4.69, 9.17) is 0 Å². The van der Waals surface area contributed by atoms with Crippen LogP contribution in [0.25, 0.3) is 0 Å². The number of carbonyl (C=O) groups is 3. The number of hydrogen-bond acceptors (Lipinski definition) is 3. The Labute approximate surface area is 159 Å². The molecule has 27 heavy (non-hydrogen) atoms. The van der Waals surface area contributed by atoms with E-state index in [1.807, 2.05) is 36.9 Å². The molecule has 2 unspecified atom stereocenters. The molecule has 1 aromatic rings. The predicted molar refractivity (Wildman–Crippen MR) is 103 cm³/mol. The van der Waals surface area contributed by atoms with Crippen molar-refractivity contribution in [1.82, 2.24) is 15.5 Å². The zero-order valence-corrected chi connectivity index (χ0v) is 16.0. The van der Waals surface area contributed by atoms with Gasteiger partial charge in [-0.05, 0) is 42.9 Å². The average Bonchev–Trinajstić information content (AvgIpc) is 3.04. The lowest BCUT2D eigenvalue weighted by atomic mass is 9.98. The van der Waals surface area contributed by atoms with Gasteiger partial charge in [0, 0.05) is 38.2 Å². The van der Waals surface area contributed by atoms with Gasteiger partial charge in [0.15, 0.2) is 0 Å². The molecule has 1 aromatic carbocycles. The molecule has 4 amide bonds. The van der Waals surface area contributed by atoms with Crippen LogP contribution in [0.1, 0.15) is 50.3 Å². The Hall–Kier alpha value is -2.57. The zero-order valence-electron chi connectivity index (χ0n) is 16.0. The van der Waals surface area contributed by atoms with Crippen molar-refractivity contribution in [3.8, 4) is 0 Å². The fraction of sp³-hybridized carbons (Fsp3) is 0.550. The number of anilines is 1. The van der Waals surface area contributed by atoms with Gasteiger partial charge in [-0.3, -0.25) is 9.59 Å². The quantitative estimate of drug-likeness (QED) is 0.715. The molecule has 1 saturated heterocycles. The number of aryl methyl sites for hydroxylation is 1. The first kappa shape index (κ1) is 19.2. The highest BCUT2D eigenvalue weighted by Gasteiger charge is 2.22. The number of likely N-dealkylation sites (tertiary alicyclic amines) is 1. The van der Waals surface area contributed by atoms with Gasteiger partial charge in [-0.25, -0.2) is 4.79 Å². The molecule has 0 bridgehead atoms. The topological polar surface area (TPSA) is 90.5 Å². The van der Waals surface area contributed by atoms with E-state index >= 15 is 0 Å². The number of nitrogens with one attached hydrogen (secondary N) is 3. The van der Waals surface area contributed by atoms with Crippen LogP contribution in [0.2, 0.25) is 0 Å². The fourth-order valence-electron chi connectivity index (χ4n) is 3.61. The molecule has 7 heteroatoms. The highest BCUT2D eigenvalue weighted by molar-refractivity contribution is 5.93. The zero-order chi connectivity index (χ0) is 19.4.